The molecule has 0 spiro atoms. The van der Waals surface area contributed by atoms with Crippen LogP contribution in [0.15, 0.2) is 36.8 Å². The van der Waals surface area contributed by atoms with Gasteiger partial charge < -0.3 is 5.32 Å². The first-order chi connectivity index (χ1) is 13.2. The second-order valence-electron chi connectivity index (χ2n) is 6.53. The van der Waals surface area contributed by atoms with Crippen LogP contribution in [-0.4, -0.2) is 60.3 Å². The van der Waals surface area contributed by atoms with E-state index in [1.807, 2.05) is 6.07 Å². The van der Waals surface area contributed by atoms with Crippen molar-refractivity contribution >= 4 is 5.91 Å². The van der Waals surface area contributed by atoms with Gasteiger partial charge >= 0.3 is 0 Å². The molecular weight excluding hydrogens is 351 g/mol. The lowest BCUT2D eigenvalue weighted by atomic mass is 10.0. The quantitative estimate of drug-likeness (QED) is 0.692. The Kier molecular flexibility index (Phi) is 4.88. The maximum Gasteiger partial charge on any atom is 0.257 e. The van der Waals surface area contributed by atoms with Crippen LogP contribution in [0.5, 0.6) is 0 Å². The van der Waals surface area contributed by atoms with Crippen molar-refractivity contribution in [1.82, 2.24) is 40.6 Å². The first-order valence-corrected chi connectivity index (χ1v) is 8.74. The monoisotopic (exact) mass is 370 g/mol. The molecule has 1 fully saturated rings. The highest BCUT2D eigenvalue weighted by Crippen LogP contribution is 2.17. The maximum atomic E-state index is 13.9. The Morgan fingerprint density at radius 1 is 1.37 bits per heavy atom. The molecule has 0 aliphatic carbocycles. The molecule has 9 nitrogen and oxygen atoms in total. The highest BCUT2D eigenvalue weighted by atomic mass is 19.1. The zero-order chi connectivity index (χ0) is 18.6. The van der Waals surface area contributed by atoms with Crippen molar-refractivity contribution < 1.29 is 9.18 Å². The number of likely N-dealkylation sites (tertiary alicyclic amines) is 1. The second-order valence-corrected chi connectivity index (χ2v) is 6.53. The first kappa shape index (κ1) is 17.3. The van der Waals surface area contributed by atoms with Gasteiger partial charge in [0.25, 0.3) is 5.91 Å². The van der Waals surface area contributed by atoms with Crippen molar-refractivity contribution in [1.29, 1.82) is 0 Å². The smallest absolute Gasteiger partial charge is 0.257 e. The number of benzene rings is 1. The number of halogens is 1. The van der Waals surface area contributed by atoms with Gasteiger partial charge in [-0.15, -0.1) is 5.10 Å². The zero-order valence-electron chi connectivity index (χ0n) is 14.5. The van der Waals surface area contributed by atoms with E-state index in [-0.39, 0.29) is 17.8 Å². The Morgan fingerprint density at radius 2 is 2.26 bits per heavy atom. The van der Waals surface area contributed by atoms with E-state index in [1.54, 1.807) is 12.1 Å². The normalized spacial score (nSPS) is 17.7. The molecule has 140 valence electrons. The van der Waals surface area contributed by atoms with E-state index in [9.17, 15) is 9.18 Å². The van der Waals surface area contributed by atoms with E-state index in [4.69, 9.17) is 0 Å². The summed E-state index contributed by atoms with van der Waals surface area (Å²) in [6.07, 6.45) is 4.65. The minimum Gasteiger partial charge on any atom is -0.348 e. The number of hydrogen-bond donors (Lipinski definition) is 2. The van der Waals surface area contributed by atoms with Crippen LogP contribution in [0.25, 0.3) is 5.82 Å². The number of nitrogens with zero attached hydrogens (tertiary/aromatic N) is 6. The van der Waals surface area contributed by atoms with E-state index < -0.39 is 0 Å². The van der Waals surface area contributed by atoms with Gasteiger partial charge in [0.2, 0.25) is 0 Å². The van der Waals surface area contributed by atoms with E-state index in [0.717, 1.165) is 19.4 Å². The molecule has 2 aromatic heterocycles. The summed E-state index contributed by atoms with van der Waals surface area (Å²) in [6, 6.07) is 6.76. The number of tetrazole rings is 1. The van der Waals surface area contributed by atoms with Gasteiger partial charge in [0.15, 0.2) is 5.82 Å². The summed E-state index contributed by atoms with van der Waals surface area (Å²) in [6.45, 7) is 2.07. The number of hydrogen-bond acceptors (Lipinski definition) is 6. The van der Waals surface area contributed by atoms with Gasteiger partial charge in [0.05, 0.1) is 6.20 Å². The summed E-state index contributed by atoms with van der Waals surface area (Å²) in [4.78, 5) is 14.8. The molecule has 1 saturated heterocycles. The summed E-state index contributed by atoms with van der Waals surface area (Å²) in [5.74, 6) is -0.0309. The Morgan fingerprint density at radius 3 is 3.07 bits per heavy atom. The van der Waals surface area contributed by atoms with E-state index in [2.05, 4.69) is 35.9 Å². The van der Waals surface area contributed by atoms with Gasteiger partial charge in [-0.2, -0.15) is 9.78 Å². The molecule has 3 aromatic rings. The third kappa shape index (κ3) is 3.85. The standard InChI is InChI=1S/C17H19FN8O/c18-15-6-2-1-4-12(15)9-25-7-3-5-13(10-25)21-17(27)14-8-19-22-16(14)26-11-20-23-24-26/h1-2,4,6,8,11,13H,3,5,7,9-10H2,(H,19,22)(H,21,27)/t13-/m1/s1. The minimum absolute atomic E-state index is 0.0188. The lowest BCUT2D eigenvalue weighted by Crippen LogP contribution is -2.47. The lowest BCUT2D eigenvalue weighted by molar-refractivity contribution is 0.0900. The van der Waals surface area contributed by atoms with Gasteiger partial charge in [-0.1, -0.05) is 18.2 Å². The number of aromatic nitrogens is 6. The van der Waals surface area contributed by atoms with Crippen LogP contribution < -0.4 is 5.32 Å². The Balaban J connectivity index is 1.40. The van der Waals surface area contributed by atoms with Crippen molar-refractivity contribution in [2.75, 3.05) is 13.1 Å². The largest absolute Gasteiger partial charge is 0.348 e. The minimum atomic E-state index is -0.244. The van der Waals surface area contributed by atoms with Crippen molar-refractivity contribution in [2.45, 2.75) is 25.4 Å². The average molecular weight is 370 g/mol. The van der Waals surface area contributed by atoms with Crippen LogP contribution in [0.4, 0.5) is 4.39 Å². The molecule has 0 bridgehead atoms. The van der Waals surface area contributed by atoms with Crippen LogP contribution in [0.1, 0.15) is 28.8 Å². The number of nitrogens with one attached hydrogen (secondary N) is 2. The summed E-state index contributed by atoms with van der Waals surface area (Å²) in [5.41, 5.74) is 1.04. The SMILES string of the molecule is O=C(N[C@@H]1CCCN(Cc2ccccc2F)C1)c1cn[nH]c1-n1cnnn1. The molecule has 0 radical (unpaired) electrons. The molecule has 1 atom stereocenters. The van der Waals surface area contributed by atoms with Gasteiger partial charge in [0, 0.05) is 24.7 Å². The van der Waals surface area contributed by atoms with Crippen molar-refractivity contribution in [2.24, 2.45) is 0 Å². The summed E-state index contributed by atoms with van der Waals surface area (Å²) in [5, 5.41) is 20.6. The van der Waals surface area contributed by atoms with Crippen molar-refractivity contribution in [3.8, 4) is 5.82 Å². The molecule has 3 heterocycles. The Hall–Kier alpha value is -3.14. The molecule has 0 saturated carbocycles. The number of piperidine rings is 1. The number of rotatable bonds is 5. The molecular formula is C17H19FN8O. The Bertz CT molecular complexity index is 909. The van der Waals surface area contributed by atoms with Crippen LogP contribution in [0, 0.1) is 5.82 Å². The molecule has 0 unspecified atom stereocenters. The number of aromatic amines is 1. The molecule has 1 aliphatic heterocycles. The van der Waals surface area contributed by atoms with E-state index >= 15 is 0 Å². The fraction of sp³-hybridized carbons (Fsp3) is 0.353. The third-order valence-electron chi connectivity index (χ3n) is 4.63. The van der Waals surface area contributed by atoms with Crippen LogP contribution in [0.3, 0.4) is 0 Å². The predicted molar refractivity (Wildman–Crippen MR) is 93.5 cm³/mol. The summed E-state index contributed by atoms with van der Waals surface area (Å²) >= 11 is 0. The van der Waals surface area contributed by atoms with Gasteiger partial charge in [-0.3, -0.25) is 14.8 Å². The number of H-pyrrole nitrogens is 1. The van der Waals surface area contributed by atoms with Gasteiger partial charge in [-0.05, 0) is 35.9 Å². The predicted octanol–water partition coefficient (Wildman–Crippen LogP) is 0.919. The Labute approximate surface area is 154 Å². The molecule has 2 N–H and O–H groups in total. The van der Waals surface area contributed by atoms with Gasteiger partial charge in [-0.25, -0.2) is 4.39 Å². The van der Waals surface area contributed by atoms with Crippen molar-refractivity contribution in [3.05, 3.63) is 53.7 Å². The molecule has 10 heteroatoms. The second kappa shape index (κ2) is 7.62. The fourth-order valence-corrected chi connectivity index (χ4v) is 3.33. The number of carbonyl (C=O) groups excluding carboxylic acids is 1. The molecule has 1 aliphatic rings. The lowest BCUT2D eigenvalue weighted by Gasteiger charge is -2.33. The zero-order valence-corrected chi connectivity index (χ0v) is 14.5. The van der Waals surface area contributed by atoms with E-state index in [1.165, 1.54) is 23.3 Å². The molecule has 27 heavy (non-hydrogen) atoms. The third-order valence-corrected chi connectivity index (χ3v) is 4.63. The van der Waals surface area contributed by atoms with Crippen LogP contribution in [0.2, 0.25) is 0 Å². The highest BCUT2D eigenvalue weighted by Gasteiger charge is 2.24. The van der Waals surface area contributed by atoms with Crippen LogP contribution >= 0.6 is 0 Å². The first-order valence-electron chi connectivity index (χ1n) is 8.74. The summed E-state index contributed by atoms with van der Waals surface area (Å²) in [7, 11) is 0. The van der Waals surface area contributed by atoms with Crippen LogP contribution in [-0.2, 0) is 6.54 Å². The fourth-order valence-electron chi connectivity index (χ4n) is 3.33. The molecule has 1 aromatic carbocycles. The number of amides is 1. The number of carbonyl (C=O) groups is 1. The van der Waals surface area contributed by atoms with Gasteiger partial charge in [0.1, 0.15) is 17.7 Å². The summed E-state index contributed by atoms with van der Waals surface area (Å²) < 4.78 is 15.2. The molecule has 1 amide bonds. The molecule has 4 rings (SSSR count). The van der Waals surface area contributed by atoms with E-state index in [0.29, 0.717) is 30.0 Å². The van der Waals surface area contributed by atoms with Crippen molar-refractivity contribution in [3.63, 3.8) is 0 Å². The highest BCUT2D eigenvalue weighted by molar-refractivity contribution is 5.97. The topological polar surface area (TPSA) is 105 Å². The maximum absolute atomic E-state index is 13.9. The average Bonchev–Trinajstić information content (AvgIpc) is 3.35.